The molecular weight excluding hydrogens is 452 g/mol. The van der Waals surface area contributed by atoms with Crippen molar-refractivity contribution in [3.63, 3.8) is 0 Å². The van der Waals surface area contributed by atoms with Crippen molar-refractivity contribution in [2.45, 2.75) is 189 Å². The first-order chi connectivity index (χ1) is 17.7. The van der Waals surface area contributed by atoms with Crippen molar-refractivity contribution in [1.82, 2.24) is 0 Å². The SMILES string of the molecule is CCCCCCCCCC(CCCCCCCC)CCCCc1c(C(C)CCCC(C)(C)C)c(=O)c1=O. The zero-order valence-corrected chi connectivity index (χ0v) is 26.0. The summed E-state index contributed by atoms with van der Waals surface area (Å²) in [6.45, 7) is 13.5. The van der Waals surface area contributed by atoms with Crippen molar-refractivity contribution >= 4 is 0 Å². The smallest absolute Gasteiger partial charge is 0.229 e. The molecule has 0 aliphatic carbocycles. The summed E-state index contributed by atoms with van der Waals surface area (Å²) < 4.78 is 0. The Kier molecular flexibility index (Phi) is 18.5. The maximum absolute atomic E-state index is 12.3. The predicted octanol–water partition coefficient (Wildman–Crippen LogP) is 10.8. The zero-order chi connectivity index (χ0) is 27.5. The second-order valence-electron chi connectivity index (χ2n) is 13.5. The molecule has 1 aromatic rings. The highest BCUT2D eigenvalue weighted by Crippen LogP contribution is 2.29. The summed E-state index contributed by atoms with van der Waals surface area (Å²) in [6, 6.07) is 0. The minimum atomic E-state index is -0.182. The van der Waals surface area contributed by atoms with Crippen LogP contribution in [0.3, 0.4) is 0 Å². The third-order valence-corrected chi connectivity index (χ3v) is 8.58. The summed E-state index contributed by atoms with van der Waals surface area (Å²) in [7, 11) is 0. The van der Waals surface area contributed by atoms with Crippen LogP contribution in [0.1, 0.15) is 193 Å². The number of hydrogen-bond acceptors (Lipinski definition) is 2. The molecule has 0 saturated heterocycles. The van der Waals surface area contributed by atoms with Gasteiger partial charge in [-0.2, -0.15) is 0 Å². The Labute approximate surface area is 231 Å². The molecule has 0 heterocycles. The van der Waals surface area contributed by atoms with Gasteiger partial charge < -0.3 is 0 Å². The Morgan fingerprint density at radius 3 is 1.51 bits per heavy atom. The third-order valence-electron chi connectivity index (χ3n) is 8.58. The van der Waals surface area contributed by atoms with Crippen molar-refractivity contribution in [1.29, 1.82) is 0 Å². The average molecular weight is 517 g/mol. The van der Waals surface area contributed by atoms with Crippen molar-refractivity contribution < 1.29 is 0 Å². The lowest BCUT2D eigenvalue weighted by molar-refractivity contribution is 0.354. The fraction of sp³-hybridized carbons (Fsp3) is 0.886. The van der Waals surface area contributed by atoms with Crippen molar-refractivity contribution in [3.05, 3.63) is 31.6 Å². The molecule has 2 unspecified atom stereocenters. The van der Waals surface area contributed by atoms with Crippen LogP contribution in [0.5, 0.6) is 0 Å². The first kappa shape index (κ1) is 34.1. The zero-order valence-electron chi connectivity index (χ0n) is 26.0. The summed E-state index contributed by atoms with van der Waals surface area (Å²) >= 11 is 0. The van der Waals surface area contributed by atoms with Gasteiger partial charge in [-0.05, 0) is 42.9 Å². The van der Waals surface area contributed by atoms with Crippen molar-refractivity contribution in [2.24, 2.45) is 11.3 Å². The maximum Gasteiger partial charge on any atom is 0.229 e. The molecular formula is C35H64O2. The summed E-state index contributed by atoms with van der Waals surface area (Å²) in [5, 5.41) is 0. The van der Waals surface area contributed by atoms with Crippen LogP contribution in [0, 0.1) is 11.3 Å². The second-order valence-corrected chi connectivity index (χ2v) is 13.5. The van der Waals surface area contributed by atoms with Crippen LogP contribution < -0.4 is 10.9 Å². The highest BCUT2D eigenvalue weighted by molar-refractivity contribution is 5.35. The van der Waals surface area contributed by atoms with Crippen LogP contribution in [0.2, 0.25) is 0 Å². The fourth-order valence-electron chi connectivity index (χ4n) is 6.08. The average Bonchev–Trinajstić information content (AvgIpc) is 2.85. The van der Waals surface area contributed by atoms with Gasteiger partial charge in [0, 0.05) is 11.1 Å². The van der Waals surface area contributed by atoms with Crippen LogP contribution >= 0.6 is 0 Å². The highest BCUT2D eigenvalue weighted by Gasteiger charge is 2.25. The van der Waals surface area contributed by atoms with E-state index in [1.54, 1.807) is 0 Å². The van der Waals surface area contributed by atoms with E-state index in [1.807, 2.05) is 0 Å². The maximum atomic E-state index is 12.3. The lowest BCUT2D eigenvalue weighted by Gasteiger charge is -2.21. The quantitative estimate of drug-likeness (QED) is 0.101. The molecule has 2 heteroatoms. The van der Waals surface area contributed by atoms with E-state index in [0.717, 1.165) is 42.7 Å². The molecule has 0 saturated carbocycles. The molecule has 0 spiro atoms. The Morgan fingerprint density at radius 2 is 1.03 bits per heavy atom. The molecule has 0 N–H and O–H groups in total. The summed E-state index contributed by atoms with van der Waals surface area (Å²) in [6.07, 6.45) is 28.5. The van der Waals surface area contributed by atoms with E-state index >= 15 is 0 Å². The molecule has 216 valence electrons. The van der Waals surface area contributed by atoms with Crippen LogP contribution in [-0.2, 0) is 6.42 Å². The van der Waals surface area contributed by atoms with Crippen molar-refractivity contribution in [3.8, 4) is 0 Å². The molecule has 2 nitrogen and oxygen atoms in total. The van der Waals surface area contributed by atoms with Gasteiger partial charge in [0.1, 0.15) is 0 Å². The van der Waals surface area contributed by atoms with E-state index in [2.05, 4.69) is 41.5 Å². The minimum Gasteiger partial charge on any atom is -0.285 e. The number of unbranched alkanes of at least 4 members (excludes halogenated alkanes) is 12. The Morgan fingerprint density at radius 1 is 0.568 bits per heavy atom. The molecule has 0 amide bonds. The predicted molar refractivity (Wildman–Crippen MR) is 165 cm³/mol. The van der Waals surface area contributed by atoms with E-state index < -0.39 is 0 Å². The van der Waals surface area contributed by atoms with Gasteiger partial charge in [-0.15, -0.1) is 0 Å². The van der Waals surface area contributed by atoms with Crippen LogP contribution in [0.4, 0.5) is 0 Å². The molecule has 0 aliphatic rings. The van der Waals surface area contributed by atoms with Crippen LogP contribution in [-0.4, -0.2) is 0 Å². The first-order valence-corrected chi connectivity index (χ1v) is 16.5. The standard InChI is InChI=1S/C35H64O2/c1-7-9-11-13-15-17-19-25-30(24-18-16-14-12-10-8-2)26-20-21-27-31-32(34(37)33(31)36)29(3)23-22-28-35(4,5)6/h29-30H,7-28H2,1-6H3. The molecule has 2 atom stereocenters. The lowest BCUT2D eigenvalue weighted by atomic mass is 9.82. The fourth-order valence-corrected chi connectivity index (χ4v) is 6.08. The van der Waals surface area contributed by atoms with E-state index in [1.165, 1.54) is 116 Å². The van der Waals surface area contributed by atoms with E-state index in [9.17, 15) is 9.59 Å². The first-order valence-electron chi connectivity index (χ1n) is 16.5. The summed E-state index contributed by atoms with van der Waals surface area (Å²) in [5.74, 6) is 1.09. The topological polar surface area (TPSA) is 34.1 Å². The normalized spacial score (nSPS) is 13.9. The molecule has 0 fully saturated rings. The van der Waals surface area contributed by atoms with Gasteiger partial charge in [0.25, 0.3) is 0 Å². The highest BCUT2D eigenvalue weighted by atomic mass is 16.2. The molecule has 0 aliphatic heterocycles. The summed E-state index contributed by atoms with van der Waals surface area (Å²) in [5.41, 5.74) is 1.73. The van der Waals surface area contributed by atoms with Gasteiger partial charge in [0.05, 0.1) is 0 Å². The third kappa shape index (κ3) is 15.3. The lowest BCUT2D eigenvalue weighted by Crippen LogP contribution is -2.40. The van der Waals surface area contributed by atoms with Gasteiger partial charge in [-0.3, -0.25) is 9.59 Å². The van der Waals surface area contributed by atoms with E-state index in [-0.39, 0.29) is 16.8 Å². The van der Waals surface area contributed by atoms with Gasteiger partial charge in [0.15, 0.2) is 0 Å². The molecule has 1 aromatic carbocycles. The van der Waals surface area contributed by atoms with E-state index in [4.69, 9.17) is 0 Å². The number of hydrogen-bond donors (Lipinski definition) is 0. The Bertz CT molecular complexity index is 746. The van der Waals surface area contributed by atoms with Gasteiger partial charge in [-0.1, -0.05) is 157 Å². The van der Waals surface area contributed by atoms with Gasteiger partial charge in [0.2, 0.25) is 10.9 Å². The minimum absolute atomic E-state index is 0.177. The van der Waals surface area contributed by atoms with Gasteiger partial charge in [-0.25, -0.2) is 0 Å². The number of rotatable bonds is 24. The second kappa shape index (κ2) is 20.0. The molecule has 0 bridgehead atoms. The molecule has 0 radical (unpaired) electrons. The summed E-state index contributed by atoms with van der Waals surface area (Å²) in [4.78, 5) is 24.7. The van der Waals surface area contributed by atoms with Crippen molar-refractivity contribution in [2.75, 3.05) is 0 Å². The van der Waals surface area contributed by atoms with E-state index in [0.29, 0.717) is 5.41 Å². The van der Waals surface area contributed by atoms with Crippen LogP contribution in [0.25, 0.3) is 0 Å². The Balaban J connectivity index is 2.45. The molecule has 1 rings (SSSR count). The van der Waals surface area contributed by atoms with Gasteiger partial charge >= 0.3 is 0 Å². The Hall–Kier alpha value is -0.920. The van der Waals surface area contributed by atoms with Crippen LogP contribution in [0.15, 0.2) is 9.59 Å². The largest absolute Gasteiger partial charge is 0.285 e. The molecule has 37 heavy (non-hydrogen) atoms. The monoisotopic (exact) mass is 516 g/mol. The molecule has 0 aromatic heterocycles.